The van der Waals surface area contributed by atoms with Gasteiger partial charge >= 0.3 is 0 Å². The van der Waals surface area contributed by atoms with Crippen molar-refractivity contribution in [3.8, 4) is 0 Å². The first-order valence-electron chi connectivity index (χ1n) is 7.84. The van der Waals surface area contributed by atoms with Gasteiger partial charge < -0.3 is 0 Å². The summed E-state index contributed by atoms with van der Waals surface area (Å²) >= 11 is 1.21. The van der Waals surface area contributed by atoms with Gasteiger partial charge in [-0.1, -0.05) is 12.1 Å². The van der Waals surface area contributed by atoms with Gasteiger partial charge in [-0.05, 0) is 30.4 Å². The molecule has 2 aromatic rings. The molecule has 0 bridgehead atoms. The molecule has 2 aromatic heterocycles. The summed E-state index contributed by atoms with van der Waals surface area (Å²) in [4.78, 5) is 16.1. The molecule has 1 aliphatic rings. The Morgan fingerprint density at radius 2 is 2.12 bits per heavy atom. The molecule has 0 atom stereocenters. The Kier molecular flexibility index (Phi) is 5.57. The fourth-order valence-corrected chi connectivity index (χ4v) is 5.22. The number of aromatic nitrogens is 1. The van der Waals surface area contributed by atoms with E-state index >= 15 is 0 Å². The Labute approximate surface area is 150 Å². The SMILES string of the molecule is O=C(N/N=C/c1cccnc1)C1CCN(S(=O)(=O)c2cccs2)CC1. The quantitative estimate of drug-likeness (QED) is 0.633. The van der Waals surface area contributed by atoms with E-state index < -0.39 is 10.0 Å². The van der Waals surface area contributed by atoms with Crippen LogP contribution < -0.4 is 5.43 Å². The van der Waals surface area contributed by atoms with Crippen molar-refractivity contribution in [1.29, 1.82) is 0 Å². The summed E-state index contributed by atoms with van der Waals surface area (Å²) in [6.45, 7) is 0.676. The molecule has 1 N–H and O–H groups in total. The molecular weight excluding hydrogens is 360 g/mol. The summed E-state index contributed by atoms with van der Waals surface area (Å²) in [5.41, 5.74) is 3.31. The second-order valence-electron chi connectivity index (χ2n) is 5.63. The van der Waals surface area contributed by atoms with Crippen molar-refractivity contribution in [2.24, 2.45) is 11.0 Å². The molecule has 1 fully saturated rings. The number of nitrogens with zero attached hydrogens (tertiary/aromatic N) is 3. The third kappa shape index (κ3) is 4.30. The summed E-state index contributed by atoms with van der Waals surface area (Å²) < 4.78 is 26.7. The van der Waals surface area contributed by atoms with Crippen LogP contribution in [-0.2, 0) is 14.8 Å². The maximum atomic E-state index is 12.5. The van der Waals surface area contributed by atoms with Gasteiger partial charge in [-0.2, -0.15) is 9.41 Å². The monoisotopic (exact) mass is 378 g/mol. The minimum Gasteiger partial charge on any atom is -0.273 e. The molecule has 0 aromatic carbocycles. The highest BCUT2D eigenvalue weighted by molar-refractivity contribution is 7.91. The molecule has 0 aliphatic carbocycles. The second-order valence-corrected chi connectivity index (χ2v) is 8.74. The Hall–Kier alpha value is -2.10. The van der Waals surface area contributed by atoms with Gasteiger partial charge in [0.2, 0.25) is 5.91 Å². The van der Waals surface area contributed by atoms with Crippen molar-refractivity contribution in [1.82, 2.24) is 14.7 Å². The largest absolute Gasteiger partial charge is 0.273 e. The number of hydrogen-bond donors (Lipinski definition) is 1. The lowest BCUT2D eigenvalue weighted by Gasteiger charge is -2.29. The number of carbonyl (C=O) groups excluding carboxylic acids is 1. The average molecular weight is 378 g/mol. The average Bonchev–Trinajstić information content (AvgIpc) is 3.18. The van der Waals surface area contributed by atoms with E-state index in [-0.39, 0.29) is 11.8 Å². The fraction of sp³-hybridized carbons (Fsp3) is 0.312. The van der Waals surface area contributed by atoms with Crippen molar-refractivity contribution in [2.45, 2.75) is 17.1 Å². The number of rotatable bonds is 5. The molecule has 3 rings (SSSR count). The lowest BCUT2D eigenvalue weighted by Crippen LogP contribution is -2.42. The van der Waals surface area contributed by atoms with E-state index in [9.17, 15) is 13.2 Å². The molecule has 7 nitrogen and oxygen atoms in total. The van der Waals surface area contributed by atoms with Crippen LogP contribution in [0.5, 0.6) is 0 Å². The second kappa shape index (κ2) is 7.85. The van der Waals surface area contributed by atoms with Crippen LogP contribution in [0.15, 0.2) is 51.3 Å². The van der Waals surface area contributed by atoms with Crippen molar-refractivity contribution in [2.75, 3.05) is 13.1 Å². The molecule has 132 valence electrons. The number of amides is 1. The molecule has 0 unspecified atom stereocenters. The van der Waals surface area contributed by atoms with Crippen LogP contribution in [0.25, 0.3) is 0 Å². The smallest absolute Gasteiger partial charge is 0.252 e. The number of hydrogen-bond acceptors (Lipinski definition) is 6. The third-order valence-electron chi connectivity index (χ3n) is 3.99. The first-order chi connectivity index (χ1) is 12.1. The van der Waals surface area contributed by atoms with E-state index in [1.165, 1.54) is 21.9 Å². The van der Waals surface area contributed by atoms with Crippen molar-refractivity contribution in [3.05, 3.63) is 47.6 Å². The standard InChI is InChI=1S/C16H18N4O3S2/c21-16(19-18-12-13-3-1-7-17-11-13)14-5-8-20(9-6-14)25(22,23)15-4-2-10-24-15/h1-4,7,10-12,14H,5-6,8-9H2,(H,19,21)/b18-12+. The minimum atomic E-state index is -3.44. The van der Waals surface area contributed by atoms with Gasteiger partial charge in [-0.3, -0.25) is 9.78 Å². The van der Waals surface area contributed by atoms with Gasteiger partial charge in [0, 0.05) is 37.0 Å². The van der Waals surface area contributed by atoms with Crippen molar-refractivity contribution in [3.63, 3.8) is 0 Å². The zero-order chi connectivity index (χ0) is 17.7. The molecular formula is C16H18N4O3S2. The van der Waals surface area contributed by atoms with E-state index in [1.54, 1.807) is 36.0 Å². The van der Waals surface area contributed by atoms with Crippen molar-refractivity contribution >= 4 is 33.5 Å². The zero-order valence-corrected chi connectivity index (χ0v) is 15.0. The number of hydrazone groups is 1. The number of carbonyl (C=O) groups is 1. The van der Waals surface area contributed by atoms with Gasteiger partial charge in [-0.15, -0.1) is 11.3 Å². The predicted octanol–water partition coefficient (Wildman–Crippen LogP) is 1.69. The topological polar surface area (TPSA) is 91.7 Å². The number of pyridine rings is 1. The first kappa shape index (κ1) is 17.7. The molecule has 0 spiro atoms. The van der Waals surface area contributed by atoms with E-state index in [0.717, 1.165) is 5.56 Å². The third-order valence-corrected chi connectivity index (χ3v) is 7.26. The molecule has 1 saturated heterocycles. The van der Waals surface area contributed by atoms with E-state index in [2.05, 4.69) is 15.5 Å². The lowest BCUT2D eigenvalue weighted by atomic mass is 9.98. The van der Waals surface area contributed by atoms with E-state index in [0.29, 0.717) is 30.1 Å². The highest BCUT2D eigenvalue weighted by Crippen LogP contribution is 2.26. The predicted molar refractivity (Wildman–Crippen MR) is 95.8 cm³/mol. The summed E-state index contributed by atoms with van der Waals surface area (Å²) in [5, 5.41) is 5.67. The molecule has 0 radical (unpaired) electrons. The molecule has 1 amide bonds. The van der Waals surface area contributed by atoms with Crippen LogP contribution in [0.1, 0.15) is 18.4 Å². The van der Waals surface area contributed by atoms with E-state index in [1.807, 2.05) is 6.07 Å². The van der Waals surface area contributed by atoms with Crippen LogP contribution >= 0.6 is 11.3 Å². The first-order valence-corrected chi connectivity index (χ1v) is 10.2. The summed E-state index contributed by atoms with van der Waals surface area (Å²) in [7, 11) is -3.44. The Morgan fingerprint density at radius 1 is 1.32 bits per heavy atom. The summed E-state index contributed by atoms with van der Waals surface area (Å²) in [6, 6.07) is 6.94. The molecule has 1 aliphatic heterocycles. The van der Waals surface area contributed by atoms with Crippen LogP contribution in [0.4, 0.5) is 0 Å². The van der Waals surface area contributed by atoms with Crippen LogP contribution in [-0.4, -0.2) is 42.9 Å². The maximum absolute atomic E-state index is 12.5. The Balaban J connectivity index is 1.52. The number of sulfonamides is 1. The van der Waals surface area contributed by atoms with Gasteiger partial charge in [0.25, 0.3) is 10.0 Å². The Morgan fingerprint density at radius 3 is 2.76 bits per heavy atom. The number of piperidine rings is 1. The Bertz CT molecular complexity index is 828. The van der Waals surface area contributed by atoms with Crippen LogP contribution in [0, 0.1) is 5.92 Å². The van der Waals surface area contributed by atoms with E-state index in [4.69, 9.17) is 0 Å². The van der Waals surface area contributed by atoms with Crippen LogP contribution in [0.2, 0.25) is 0 Å². The van der Waals surface area contributed by atoms with Gasteiger partial charge in [0.1, 0.15) is 4.21 Å². The molecule has 3 heterocycles. The fourth-order valence-electron chi connectivity index (χ4n) is 2.61. The minimum absolute atomic E-state index is 0.187. The number of nitrogens with one attached hydrogen (secondary N) is 1. The summed E-state index contributed by atoms with van der Waals surface area (Å²) in [5.74, 6) is -0.422. The summed E-state index contributed by atoms with van der Waals surface area (Å²) in [6.07, 6.45) is 5.80. The van der Waals surface area contributed by atoms with Crippen LogP contribution in [0.3, 0.4) is 0 Å². The maximum Gasteiger partial charge on any atom is 0.252 e. The molecule has 9 heteroatoms. The molecule has 25 heavy (non-hydrogen) atoms. The highest BCUT2D eigenvalue weighted by Gasteiger charge is 2.32. The van der Waals surface area contributed by atoms with Gasteiger partial charge in [-0.25, -0.2) is 13.8 Å². The lowest BCUT2D eigenvalue weighted by molar-refractivity contribution is -0.126. The highest BCUT2D eigenvalue weighted by atomic mass is 32.2. The zero-order valence-electron chi connectivity index (χ0n) is 13.4. The van der Waals surface area contributed by atoms with Gasteiger partial charge in [0.15, 0.2) is 0 Å². The van der Waals surface area contributed by atoms with Crippen molar-refractivity contribution < 1.29 is 13.2 Å². The normalized spacial score (nSPS) is 17.0. The van der Waals surface area contributed by atoms with Gasteiger partial charge in [0.05, 0.1) is 6.21 Å². The molecule has 0 saturated carbocycles. The number of thiophene rings is 1.